The van der Waals surface area contributed by atoms with Gasteiger partial charge in [0.2, 0.25) is 0 Å². The molecular formula is C19H35NS. The summed E-state index contributed by atoms with van der Waals surface area (Å²) in [4.78, 5) is 4.92. The summed E-state index contributed by atoms with van der Waals surface area (Å²) in [6.07, 6.45) is 13.1. The number of thiazole rings is 1. The Morgan fingerprint density at radius 3 is 2.00 bits per heavy atom. The van der Waals surface area contributed by atoms with E-state index in [2.05, 4.69) is 33.1 Å². The maximum atomic E-state index is 4.92. The zero-order valence-electron chi connectivity index (χ0n) is 14.7. The van der Waals surface area contributed by atoms with Crippen molar-refractivity contribution in [2.24, 2.45) is 11.8 Å². The molecule has 2 heteroatoms. The Hall–Kier alpha value is -0.370. The van der Waals surface area contributed by atoms with Gasteiger partial charge in [0, 0.05) is 11.8 Å². The molecule has 122 valence electrons. The molecule has 0 amide bonds. The number of nitrogens with zero attached hydrogens (tertiary/aromatic N) is 1. The number of rotatable bonds is 12. The van der Waals surface area contributed by atoms with Crippen molar-refractivity contribution >= 4 is 11.3 Å². The van der Waals surface area contributed by atoms with Crippen LogP contribution in [-0.4, -0.2) is 4.98 Å². The quantitative estimate of drug-likeness (QED) is 0.420. The van der Waals surface area contributed by atoms with E-state index in [-0.39, 0.29) is 0 Å². The summed E-state index contributed by atoms with van der Waals surface area (Å²) in [5.41, 5.74) is 1.35. The molecule has 0 aliphatic carbocycles. The summed E-state index contributed by atoms with van der Waals surface area (Å²) in [5, 5.41) is 3.69. The molecule has 2 atom stereocenters. The van der Waals surface area contributed by atoms with E-state index in [0.717, 1.165) is 11.8 Å². The number of unbranched alkanes of at least 4 members (excludes halogenated alkanes) is 2. The summed E-state index contributed by atoms with van der Waals surface area (Å²) >= 11 is 1.89. The molecule has 21 heavy (non-hydrogen) atoms. The second-order valence-electron chi connectivity index (χ2n) is 6.47. The van der Waals surface area contributed by atoms with Crippen molar-refractivity contribution in [3.8, 4) is 0 Å². The lowest BCUT2D eigenvalue weighted by molar-refractivity contribution is 0.440. The average Bonchev–Trinajstić information content (AvgIpc) is 2.94. The molecule has 0 N–H and O–H groups in total. The molecule has 1 rings (SSSR count). The van der Waals surface area contributed by atoms with Gasteiger partial charge >= 0.3 is 0 Å². The minimum atomic E-state index is 0.835. The standard InChI is InChI=1S/C19H35NS/c1-5-9-11-16(7-3)13-18-15-21-19(20-18)14-17(8-4)12-10-6-2/h15-17H,5-14H2,1-4H3. The summed E-state index contributed by atoms with van der Waals surface area (Å²) in [7, 11) is 0. The Balaban J connectivity index is 2.47. The van der Waals surface area contributed by atoms with E-state index < -0.39 is 0 Å². The second-order valence-corrected chi connectivity index (χ2v) is 7.42. The Morgan fingerprint density at radius 1 is 0.905 bits per heavy atom. The van der Waals surface area contributed by atoms with E-state index in [4.69, 9.17) is 4.98 Å². The van der Waals surface area contributed by atoms with Crippen molar-refractivity contribution in [2.45, 2.75) is 91.9 Å². The molecule has 0 aromatic carbocycles. The van der Waals surface area contributed by atoms with Crippen LogP contribution >= 0.6 is 11.3 Å². The number of hydrogen-bond acceptors (Lipinski definition) is 2. The van der Waals surface area contributed by atoms with Gasteiger partial charge in [-0.25, -0.2) is 4.98 Å². The van der Waals surface area contributed by atoms with Gasteiger partial charge in [-0.15, -0.1) is 11.3 Å². The Bertz CT molecular complexity index is 326. The molecule has 0 aliphatic rings. The van der Waals surface area contributed by atoms with Crippen LogP contribution in [0.25, 0.3) is 0 Å². The van der Waals surface area contributed by atoms with Gasteiger partial charge in [0.05, 0.1) is 10.7 Å². The Kier molecular flexibility index (Phi) is 9.99. The Labute approximate surface area is 136 Å². The van der Waals surface area contributed by atoms with Gasteiger partial charge in [-0.05, 0) is 18.3 Å². The number of hydrogen-bond donors (Lipinski definition) is 0. The van der Waals surface area contributed by atoms with Crippen molar-refractivity contribution in [2.75, 3.05) is 0 Å². The molecule has 1 heterocycles. The normalized spacial score (nSPS) is 14.3. The molecule has 1 aromatic heterocycles. The first-order valence-electron chi connectivity index (χ1n) is 9.16. The first kappa shape index (κ1) is 18.7. The summed E-state index contributed by atoms with van der Waals surface area (Å²) in [5.74, 6) is 1.67. The summed E-state index contributed by atoms with van der Waals surface area (Å²) in [6.45, 7) is 9.22. The Morgan fingerprint density at radius 2 is 1.48 bits per heavy atom. The van der Waals surface area contributed by atoms with Crippen LogP contribution in [-0.2, 0) is 12.8 Å². The highest BCUT2D eigenvalue weighted by atomic mass is 32.1. The highest BCUT2D eigenvalue weighted by molar-refractivity contribution is 7.09. The molecule has 1 nitrogen and oxygen atoms in total. The molecule has 0 spiro atoms. The average molecular weight is 310 g/mol. The van der Waals surface area contributed by atoms with E-state index in [0.29, 0.717) is 0 Å². The maximum absolute atomic E-state index is 4.92. The van der Waals surface area contributed by atoms with E-state index in [1.165, 1.54) is 74.9 Å². The van der Waals surface area contributed by atoms with Crippen LogP contribution in [0.15, 0.2) is 5.38 Å². The third-order valence-electron chi connectivity index (χ3n) is 4.65. The minimum absolute atomic E-state index is 0.835. The van der Waals surface area contributed by atoms with Crippen molar-refractivity contribution < 1.29 is 0 Å². The molecular weight excluding hydrogens is 274 g/mol. The van der Waals surface area contributed by atoms with Crippen LogP contribution in [0, 0.1) is 11.8 Å². The second kappa shape index (κ2) is 11.2. The van der Waals surface area contributed by atoms with Crippen molar-refractivity contribution in [1.82, 2.24) is 4.98 Å². The zero-order chi connectivity index (χ0) is 15.5. The smallest absolute Gasteiger partial charge is 0.0931 e. The van der Waals surface area contributed by atoms with E-state index in [9.17, 15) is 0 Å². The summed E-state index contributed by atoms with van der Waals surface area (Å²) < 4.78 is 0. The lowest BCUT2D eigenvalue weighted by atomic mass is 9.94. The maximum Gasteiger partial charge on any atom is 0.0931 e. The van der Waals surface area contributed by atoms with Crippen molar-refractivity contribution in [1.29, 1.82) is 0 Å². The lowest BCUT2D eigenvalue weighted by Gasteiger charge is -2.13. The van der Waals surface area contributed by atoms with Crippen LogP contribution in [0.5, 0.6) is 0 Å². The highest BCUT2D eigenvalue weighted by Gasteiger charge is 2.13. The molecule has 2 unspecified atom stereocenters. The fourth-order valence-electron chi connectivity index (χ4n) is 2.97. The summed E-state index contributed by atoms with van der Waals surface area (Å²) in [6, 6.07) is 0. The molecule has 1 aromatic rings. The monoisotopic (exact) mass is 309 g/mol. The molecule has 0 saturated carbocycles. The van der Waals surface area contributed by atoms with Gasteiger partial charge in [-0.1, -0.05) is 79.1 Å². The van der Waals surface area contributed by atoms with E-state index in [1.54, 1.807) is 0 Å². The van der Waals surface area contributed by atoms with Crippen LogP contribution in [0.1, 0.15) is 89.8 Å². The van der Waals surface area contributed by atoms with Gasteiger partial charge in [0.25, 0.3) is 0 Å². The molecule has 0 saturated heterocycles. The van der Waals surface area contributed by atoms with Gasteiger partial charge in [0.1, 0.15) is 0 Å². The van der Waals surface area contributed by atoms with Crippen LogP contribution < -0.4 is 0 Å². The third-order valence-corrected chi connectivity index (χ3v) is 5.57. The van der Waals surface area contributed by atoms with Gasteiger partial charge < -0.3 is 0 Å². The van der Waals surface area contributed by atoms with Gasteiger partial charge in [-0.3, -0.25) is 0 Å². The third kappa shape index (κ3) is 7.44. The highest BCUT2D eigenvalue weighted by Crippen LogP contribution is 2.24. The molecule has 0 aliphatic heterocycles. The molecule has 0 bridgehead atoms. The van der Waals surface area contributed by atoms with Crippen LogP contribution in [0.4, 0.5) is 0 Å². The van der Waals surface area contributed by atoms with E-state index >= 15 is 0 Å². The van der Waals surface area contributed by atoms with E-state index in [1.807, 2.05) is 11.3 Å². The van der Waals surface area contributed by atoms with Crippen LogP contribution in [0.2, 0.25) is 0 Å². The van der Waals surface area contributed by atoms with Crippen molar-refractivity contribution in [3.63, 3.8) is 0 Å². The predicted molar refractivity (Wildman–Crippen MR) is 96.1 cm³/mol. The van der Waals surface area contributed by atoms with Crippen LogP contribution in [0.3, 0.4) is 0 Å². The van der Waals surface area contributed by atoms with Crippen molar-refractivity contribution in [3.05, 3.63) is 16.1 Å². The largest absolute Gasteiger partial charge is 0.246 e. The van der Waals surface area contributed by atoms with Gasteiger partial charge in [-0.2, -0.15) is 0 Å². The first-order valence-corrected chi connectivity index (χ1v) is 10.0. The molecule has 0 radical (unpaired) electrons. The van der Waals surface area contributed by atoms with Gasteiger partial charge in [0.15, 0.2) is 0 Å². The SMILES string of the molecule is CCCCC(CC)Cc1csc(CC(CC)CCCC)n1. The zero-order valence-corrected chi connectivity index (χ0v) is 15.5. The lowest BCUT2D eigenvalue weighted by Crippen LogP contribution is -2.05. The first-order chi connectivity index (χ1) is 10.2. The fourth-order valence-corrected chi connectivity index (χ4v) is 3.89. The fraction of sp³-hybridized carbons (Fsp3) is 0.842. The minimum Gasteiger partial charge on any atom is -0.246 e. The topological polar surface area (TPSA) is 12.9 Å². The predicted octanol–water partition coefficient (Wildman–Crippen LogP) is 6.66. The number of aromatic nitrogens is 1. The molecule has 0 fully saturated rings.